The molecule has 7 heteroatoms. The number of carbonyl (C=O) groups excluding carboxylic acids is 1. The van der Waals surface area contributed by atoms with Gasteiger partial charge in [-0.1, -0.05) is 5.21 Å². The smallest absolute Gasteiger partial charge is 0.254 e. The summed E-state index contributed by atoms with van der Waals surface area (Å²) in [6.45, 7) is 3.56. The second kappa shape index (κ2) is 5.74. The molecule has 0 unspecified atom stereocenters. The quantitative estimate of drug-likeness (QED) is 0.740. The number of fused-ring (bicyclic) bond motifs is 1. The van der Waals surface area contributed by atoms with Crippen molar-refractivity contribution in [2.24, 2.45) is 7.05 Å². The molecule has 124 valence electrons. The van der Waals surface area contributed by atoms with Crippen LogP contribution >= 0.6 is 0 Å². The van der Waals surface area contributed by atoms with Crippen molar-refractivity contribution in [1.29, 1.82) is 0 Å². The van der Waals surface area contributed by atoms with Crippen molar-refractivity contribution in [1.82, 2.24) is 29.7 Å². The third-order valence-corrected chi connectivity index (χ3v) is 4.68. The first-order chi connectivity index (χ1) is 11.7. The van der Waals surface area contributed by atoms with E-state index in [0.29, 0.717) is 5.56 Å². The molecule has 0 spiro atoms. The molecule has 1 amide bonds. The van der Waals surface area contributed by atoms with Gasteiger partial charge in [0, 0.05) is 37.5 Å². The number of amides is 1. The minimum atomic E-state index is 0.0503. The molecule has 1 atom stereocenters. The number of carbonyl (C=O) groups is 1. The SMILES string of the molecule is CCn1nnc2cc(C(=O)N3CCC[C@H]3c3cnn(C)c3)ccc21. The zero-order chi connectivity index (χ0) is 16.7. The maximum atomic E-state index is 13.0. The monoisotopic (exact) mass is 324 g/mol. The third-order valence-electron chi connectivity index (χ3n) is 4.68. The normalized spacial score (nSPS) is 17.8. The van der Waals surface area contributed by atoms with Gasteiger partial charge in [0.15, 0.2) is 0 Å². The first-order valence-electron chi connectivity index (χ1n) is 8.30. The fourth-order valence-electron chi connectivity index (χ4n) is 3.47. The van der Waals surface area contributed by atoms with Crippen molar-refractivity contribution >= 4 is 16.9 Å². The van der Waals surface area contributed by atoms with Gasteiger partial charge in [0.25, 0.3) is 5.91 Å². The molecular weight excluding hydrogens is 304 g/mol. The largest absolute Gasteiger partial charge is 0.331 e. The highest BCUT2D eigenvalue weighted by Crippen LogP contribution is 2.33. The highest BCUT2D eigenvalue weighted by atomic mass is 16.2. The van der Waals surface area contributed by atoms with Gasteiger partial charge in [0.05, 0.1) is 17.8 Å². The third kappa shape index (κ3) is 2.36. The van der Waals surface area contributed by atoms with E-state index in [9.17, 15) is 4.79 Å². The average molecular weight is 324 g/mol. The number of aromatic nitrogens is 5. The van der Waals surface area contributed by atoms with Crippen molar-refractivity contribution in [2.45, 2.75) is 32.4 Å². The van der Waals surface area contributed by atoms with Crippen molar-refractivity contribution in [3.05, 3.63) is 41.7 Å². The molecule has 0 saturated carbocycles. The van der Waals surface area contributed by atoms with Crippen LogP contribution in [0, 0.1) is 0 Å². The second-order valence-corrected chi connectivity index (χ2v) is 6.21. The lowest BCUT2D eigenvalue weighted by atomic mass is 10.1. The number of nitrogens with zero attached hydrogens (tertiary/aromatic N) is 6. The molecule has 3 heterocycles. The molecule has 7 nitrogen and oxygen atoms in total. The molecule has 2 aromatic heterocycles. The highest BCUT2D eigenvalue weighted by molar-refractivity contribution is 5.97. The maximum absolute atomic E-state index is 13.0. The zero-order valence-corrected chi connectivity index (χ0v) is 13.9. The van der Waals surface area contributed by atoms with Crippen LogP contribution in [-0.2, 0) is 13.6 Å². The average Bonchev–Trinajstić information content (AvgIpc) is 3.31. The lowest BCUT2D eigenvalue weighted by Gasteiger charge is -2.24. The van der Waals surface area contributed by atoms with Crippen LogP contribution in [0.3, 0.4) is 0 Å². The Labute approximate surface area is 139 Å². The molecule has 1 aliphatic rings. The van der Waals surface area contributed by atoms with E-state index in [1.54, 1.807) is 4.68 Å². The summed E-state index contributed by atoms with van der Waals surface area (Å²) < 4.78 is 3.61. The summed E-state index contributed by atoms with van der Waals surface area (Å²) in [7, 11) is 1.90. The maximum Gasteiger partial charge on any atom is 0.254 e. The number of likely N-dealkylation sites (tertiary alicyclic amines) is 1. The Morgan fingerprint density at radius 3 is 3.00 bits per heavy atom. The Hall–Kier alpha value is -2.70. The Kier molecular flexibility index (Phi) is 3.55. The summed E-state index contributed by atoms with van der Waals surface area (Å²) in [4.78, 5) is 14.9. The second-order valence-electron chi connectivity index (χ2n) is 6.21. The fraction of sp³-hybridized carbons (Fsp3) is 0.412. The number of benzene rings is 1. The molecule has 4 rings (SSSR count). The van der Waals surface area contributed by atoms with Crippen molar-refractivity contribution in [2.75, 3.05) is 6.54 Å². The summed E-state index contributed by atoms with van der Waals surface area (Å²) in [6, 6.07) is 5.75. The van der Waals surface area contributed by atoms with Gasteiger partial charge in [-0.15, -0.1) is 5.10 Å². The van der Waals surface area contributed by atoms with E-state index in [4.69, 9.17) is 0 Å². The van der Waals surface area contributed by atoms with E-state index in [1.807, 2.05) is 54.1 Å². The highest BCUT2D eigenvalue weighted by Gasteiger charge is 2.31. The van der Waals surface area contributed by atoms with E-state index in [2.05, 4.69) is 15.4 Å². The van der Waals surface area contributed by atoms with Gasteiger partial charge in [-0.05, 0) is 38.0 Å². The standard InChI is InChI=1S/C17H20N6O/c1-3-23-16-7-6-12(9-14(16)19-20-23)17(24)22-8-4-5-15(22)13-10-18-21(2)11-13/h6-7,9-11,15H,3-5,8H2,1-2H3/t15-/m0/s1. The van der Waals surface area contributed by atoms with Gasteiger partial charge in [0.2, 0.25) is 0 Å². The van der Waals surface area contributed by atoms with Crippen LogP contribution in [0.2, 0.25) is 0 Å². The van der Waals surface area contributed by atoms with E-state index >= 15 is 0 Å². The molecule has 0 N–H and O–H groups in total. The molecule has 3 aromatic rings. The van der Waals surface area contributed by atoms with E-state index in [1.165, 1.54) is 0 Å². The van der Waals surface area contributed by atoms with Crippen molar-refractivity contribution in [3.8, 4) is 0 Å². The van der Waals surface area contributed by atoms with E-state index < -0.39 is 0 Å². The Morgan fingerprint density at radius 1 is 1.38 bits per heavy atom. The van der Waals surface area contributed by atoms with E-state index in [-0.39, 0.29) is 11.9 Å². The molecule has 0 bridgehead atoms. The van der Waals surface area contributed by atoms with Crippen LogP contribution < -0.4 is 0 Å². The Morgan fingerprint density at radius 2 is 2.25 bits per heavy atom. The molecule has 1 aliphatic heterocycles. The Bertz CT molecular complexity index is 896. The van der Waals surface area contributed by atoms with Gasteiger partial charge in [-0.2, -0.15) is 5.10 Å². The van der Waals surface area contributed by atoms with Gasteiger partial charge in [0.1, 0.15) is 5.52 Å². The summed E-state index contributed by atoms with van der Waals surface area (Å²) in [6.07, 6.45) is 5.84. The lowest BCUT2D eigenvalue weighted by molar-refractivity contribution is 0.0736. The van der Waals surface area contributed by atoms with Crippen LogP contribution in [0.1, 0.15) is 41.7 Å². The van der Waals surface area contributed by atoms with Crippen LogP contribution in [0.25, 0.3) is 11.0 Å². The molecular formula is C17H20N6O. The van der Waals surface area contributed by atoms with Crippen LogP contribution in [0.15, 0.2) is 30.6 Å². The molecule has 0 aliphatic carbocycles. The van der Waals surface area contributed by atoms with E-state index in [0.717, 1.165) is 42.5 Å². The predicted molar refractivity (Wildman–Crippen MR) is 89.4 cm³/mol. The molecule has 1 saturated heterocycles. The summed E-state index contributed by atoms with van der Waals surface area (Å²) in [5, 5.41) is 12.5. The fourth-order valence-corrected chi connectivity index (χ4v) is 3.47. The molecule has 24 heavy (non-hydrogen) atoms. The van der Waals surface area contributed by atoms with Gasteiger partial charge in [-0.3, -0.25) is 9.48 Å². The number of aryl methyl sites for hydroxylation is 2. The predicted octanol–water partition coefficient (Wildman–Crippen LogP) is 2.16. The molecule has 0 radical (unpaired) electrons. The van der Waals surface area contributed by atoms with Crippen LogP contribution in [0.4, 0.5) is 0 Å². The Balaban J connectivity index is 1.65. The topological polar surface area (TPSA) is 68.8 Å². The van der Waals surface area contributed by atoms with Gasteiger partial charge < -0.3 is 4.90 Å². The summed E-state index contributed by atoms with van der Waals surface area (Å²) in [5.74, 6) is 0.0503. The number of hydrogen-bond acceptors (Lipinski definition) is 4. The van der Waals surface area contributed by atoms with Crippen molar-refractivity contribution in [3.63, 3.8) is 0 Å². The first kappa shape index (κ1) is 14.9. The zero-order valence-electron chi connectivity index (χ0n) is 13.9. The minimum absolute atomic E-state index is 0.0503. The van der Waals surface area contributed by atoms with Crippen molar-refractivity contribution < 1.29 is 4.79 Å². The number of hydrogen-bond donors (Lipinski definition) is 0. The number of rotatable bonds is 3. The summed E-state index contributed by atoms with van der Waals surface area (Å²) in [5.41, 5.74) is 3.49. The van der Waals surface area contributed by atoms with Crippen LogP contribution in [-0.4, -0.2) is 42.1 Å². The lowest BCUT2D eigenvalue weighted by Crippen LogP contribution is -2.30. The molecule has 1 aromatic carbocycles. The molecule has 1 fully saturated rings. The summed E-state index contributed by atoms with van der Waals surface area (Å²) >= 11 is 0. The first-order valence-corrected chi connectivity index (χ1v) is 8.30. The minimum Gasteiger partial charge on any atom is -0.331 e. The van der Waals surface area contributed by atoms with Gasteiger partial charge in [-0.25, -0.2) is 4.68 Å². The van der Waals surface area contributed by atoms with Crippen LogP contribution in [0.5, 0.6) is 0 Å². The van der Waals surface area contributed by atoms with Gasteiger partial charge >= 0.3 is 0 Å².